The van der Waals surface area contributed by atoms with Gasteiger partial charge in [0.05, 0.1) is 7.11 Å². The number of benzene rings is 1. The number of nitrogens with one attached hydrogen (secondary N) is 1. The highest BCUT2D eigenvalue weighted by Gasteiger charge is 2.15. The molecule has 1 N–H and O–H groups in total. The van der Waals surface area contributed by atoms with Crippen molar-refractivity contribution in [2.45, 2.75) is 26.4 Å². The first kappa shape index (κ1) is 15.6. The molecule has 2 rings (SSSR count). The van der Waals surface area contributed by atoms with Gasteiger partial charge in [-0.15, -0.1) is 11.3 Å². The van der Waals surface area contributed by atoms with Crippen molar-refractivity contribution in [3.05, 3.63) is 51.7 Å². The van der Waals surface area contributed by atoms with E-state index >= 15 is 0 Å². The summed E-state index contributed by atoms with van der Waals surface area (Å²) in [5.41, 5.74) is 1.25. The Labute approximate surface area is 130 Å². The second-order valence-electron chi connectivity index (χ2n) is 5.25. The zero-order valence-electron chi connectivity index (χ0n) is 12.6. The number of hydrogen-bond acceptors (Lipinski definition) is 4. The van der Waals surface area contributed by atoms with Crippen LogP contribution in [0.3, 0.4) is 0 Å². The van der Waals surface area contributed by atoms with Crippen LogP contribution in [0.2, 0.25) is 0 Å². The van der Waals surface area contributed by atoms with Gasteiger partial charge in [0.1, 0.15) is 16.7 Å². The first-order valence-corrected chi connectivity index (χ1v) is 7.82. The molecule has 0 aliphatic carbocycles. The molecular weight excluding hydrogens is 280 g/mol. The molecule has 1 aromatic heterocycles. The average Bonchev–Trinajstić information content (AvgIpc) is 2.96. The summed E-state index contributed by atoms with van der Waals surface area (Å²) in [4.78, 5) is 1.95. The third-order valence-electron chi connectivity index (χ3n) is 3.41. The lowest BCUT2D eigenvalue weighted by Gasteiger charge is -2.23. The van der Waals surface area contributed by atoms with Crippen LogP contribution in [0.5, 0.6) is 5.75 Å². The van der Waals surface area contributed by atoms with Crippen LogP contribution in [0.15, 0.2) is 36.4 Å². The van der Waals surface area contributed by atoms with Crippen LogP contribution in [-0.4, -0.2) is 7.11 Å². The Morgan fingerprint density at radius 1 is 1.19 bits per heavy atom. The first-order chi connectivity index (χ1) is 10.1. The van der Waals surface area contributed by atoms with Gasteiger partial charge < -0.3 is 10.1 Å². The standard InChI is InChI=1S/C17H20N2OS/c1-12(2)17(13-4-6-14(20-3)7-5-13)19-11-16-9-8-15(10-18)21-16/h4-9,12,17,19H,11H2,1-3H3/t17-/m1/s1. The van der Waals surface area contributed by atoms with Gasteiger partial charge in [-0.2, -0.15) is 5.26 Å². The highest BCUT2D eigenvalue weighted by atomic mass is 32.1. The van der Waals surface area contributed by atoms with Crippen molar-refractivity contribution in [1.29, 1.82) is 5.26 Å². The maximum absolute atomic E-state index is 8.87. The molecule has 4 heteroatoms. The van der Waals surface area contributed by atoms with Crippen LogP contribution in [0, 0.1) is 17.2 Å². The van der Waals surface area contributed by atoms with Gasteiger partial charge in [0.25, 0.3) is 0 Å². The molecule has 2 aromatic rings. The Kier molecular flexibility index (Phi) is 5.38. The van der Waals surface area contributed by atoms with Crippen molar-refractivity contribution in [3.8, 4) is 11.8 Å². The van der Waals surface area contributed by atoms with Gasteiger partial charge in [0, 0.05) is 17.5 Å². The van der Waals surface area contributed by atoms with Gasteiger partial charge in [-0.25, -0.2) is 0 Å². The van der Waals surface area contributed by atoms with E-state index < -0.39 is 0 Å². The third-order valence-corrected chi connectivity index (χ3v) is 4.40. The average molecular weight is 300 g/mol. The van der Waals surface area contributed by atoms with E-state index in [1.165, 1.54) is 10.4 Å². The van der Waals surface area contributed by atoms with Crippen LogP contribution >= 0.6 is 11.3 Å². The van der Waals surface area contributed by atoms with Crippen LogP contribution in [0.25, 0.3) is 0 Å². The van der Waals surface area contributed by atoms with Crippen LogP contribution in [-0.2, 0) is 6.54 Å². The highest BCUT2D eigenvalue weighted by Crippen LogP contribution is 2.25. The number of thiophene rings is 1. The van der Waals surface area contributed by atoms with Gasteiger partial charge in [0.15, 0.2) is 0 Å². The minimum atomic E-state index is 0.281. The maximum Gasteiger partial charge on any atom is 0.118 e. The molecule has 0 fully saturated rings. The van der Waals surface area contributed by atoms with Gasteiger partial charge in [0.2, 0.25) is 0 Å². The fourth-order valence-corrected chi connectivity index (χ4v) is 3.05. The molecule has 0 saturated heterocycles. The normalized spacial score (nSPS) is 12.1. The van der Waals surface area contributed by atoms with E-state index in [1.54, 1.807) is 18.4 Å². The van der Waals surface area contributed by atoms with Crippen LogP contribution < -0.4 is 10.1 Å². The zero-order valence-corrected chi connectivity index (χ0v) is 13.4. The summed E-state index contributed by atoms with van der Waals surface area (Å²) < 4.78 is 5.20. The first-order valence-electron chi connectivity index (χ1n) is 7.00. The highest BCUT2D eigenvalue weighted by molar-refractivity contribution is 7.12. The molecule has 1 heterocycles. The Bertz CT molecular complexity index is 610. The number of hydrogen-bond donors (Lipinski definition) is 1. The molecule has 0 aliphatic heterocycles. The molecule has 1 aromatic carbocycles. The summed E-state index contributed by atoms with van der Waals surface area (Å²) >= 11 is 1.54. The van der Waals surface area contributed by atoms with Crippen molar-refractivity contribution in [3.63, 3.8) is 0 Å². The second kappa shape index (κ2) is 7.26. The molecule has 1 atom stereocenters. The molecule has 0 amide bonds. The van der Waals surface area contributed by atoms with Crippen molar-refractivity contribution in [2.75, 3.05) is 7.11 Å². The summed E-state index contributed by atoms with van der Waals surface area (Å²) in [7, 11) is 1.68. The van der Waals surface area contributed by atoms with E-state index in [1.807, 2.05) is 24.3 Å². The Morgan fingerprint density at radius 3 is 2.43 bits per heavy atom. The van der Waals surface area contributed by atoms with Gasteiger partial charge in [-0.1, -0.05) is 26.0 Å². The van der Waals surface area contributed by atoms with Crippen molar-refractivity contribution < 1.29 is 4.74 Å². The minimum Gasteiger partial charge on any atom is -0.497 e. The van der Waals surface area contributed by atoms with E-state index in [2.05, 4.69) is 37.4 Å². The lowest BCUT2D eigenvalue weighted by molar-refractivity contribution is 0.405. The summed E-state index contributed by atoms with van der Waals surface area (Å²) in [6.45, 7) is 5.19. The van der Waals surface area contributed by atoms with Crippen molar-refractivity contribution >= 4 is 11.3 Å². The fourth-order valence-electron chi connectivity index (χ4n) is 2.29. The predicted molar refractivity (Wildman–Crippen MR) is 86.4 cm³/mol. The third kappa shape index (κ3) is 4.07. The molecule has 3 nitrogen and oxygen atoms in total. The number of ether oxygens (including phenoxy) is 1. The quantitative estimate of drug-likeness (QED) is 0.873. The lowest BCUT2D eigenvalue weighted by atomic mass is 9.96. The number of rotatable bonds is 6. The summed E-state index contributed by atoms with van der Waals surface area (Å²) in [5, 5.41) is 12.5. The van der Waals surface area contributed by atoms with Gasteiger partial charge >= 0.3 is 0 Å². The summed E-state index contributed by atoms with van der Waals surface area (Å²) in [6, 6.07) is 14.5. The molecule has 21 heavy (non-hydrogen) atoms. The summed E-state index contributed by atoms with van der Waals surface area (Å²) in [6.07, 6.45) is 0. The van der Waals surface area contributed by atoms with E-state index in [4.69, 9.17) is 10.00 Å². The Hall–Kier alpha value is -1.83. The van der Waals surface area contributed by atoms with Crippen molar-refractivity contribution in [1.82, 2.24) is 5.32 Å². The monoisotopic (exact) mass is 300 g/mol. The zero-order chi connectivity index (χ0) is 15.2. The topological polar surface area (TPSA) is 45.0 Å². The van der Waals surface area contributed by atoms with E-state index in [9.17, 15) is 0 Å². The second-order valence-corrected chi connectivity index (χ2v) is 6.42. The van der Waals surface area contributed by atoms with Crippen LogP contribution in [0.4, 0.5) is 0 Å². The number of nitriles is 1. The largest absolute Gasteiger partial charge is 0.497 e. The molecule has 0 aliphatic rings. The van der Waals surface area contributed by atoms with Gasteiger partial charge in [-0.3, -0.25) is 0 Å². The molecule has 110 valence electrons. The van der Waals surface area contributed by atoms with E-state index in [-0.39, 0.29) is 6.04 Å². The maximum atomic E-state index is 8.87. The summed E-state index contributed by atoms with van der Waals surface area (Å²) in [5.74, 6) is 1.35. The molecule has 0 spiro atoms. The van der Waals surface area contributed by atoms with Crippen molar-refractivity contribution in [2.24, 2.45) is 5.92 Å². The minimum absolute atomic E-state index is 0.281. The predicted octanol–water partition coefficient (Wildman–Crippen LogP) is 4.12. The van der Waals surface area contributed by atoms with E-state index in [0.717, 1.165) is 17.2 Å². The molecule has 0 bridgehead atoms. The Morgan fingerprint density at radius 2 is 1.90 bits per heavy atom. The smallest absolute Gasteiger partial charge is 0.118 e. The molecule has 0 radical (unpaired) electrons. The number of methoxy groups -OCH3 is 1. The lowest BCUT2D eigenvalue weighted by Crippen LogP contribution is -2.25. The molecule has 0 unspecified atom stereocenters. The van der Waals surface area contributed by atoms with Gasteiger partial charge in [-0.05, 0) is 35.7 Å². The molecule has 0 saturated carbocycles. The number of nitrogens with zero attached hydrogens (tertiary/aromatic N) is 1. The van der Waals surface area contributed by atoms with E-state index in [0.29, 0.717) is 5.92 Å². The molecular formula is C17H20N2OS. The SMILES string of the molecule is COc1ccc([C@H](NCc2ccc(C#N)s2)C(C)C)cc1. The fraction of sp³-hybridized carbons (Fsp3) is 0.353. The Balaban J connectivity index is 2.06. The van der Waals surface area contributed by atoms with Crippen LogP contribution in [0.1, 0.15) is 35.2 Å².